The Bertz CT molecular complexity index is 890. The lowest BCUT2D eigenvalue weighted by atomic mass is 9.43. The minimum atomic E-state index is -1.56. The topological polar surface area (TPSA) is 116 Å². The second-order valence-corrected chi connectivity index (χ2v) is 10.7. The molecule has 1 saturated heterocycles. The molecule has 3 saturated carbocycles. The SMILES string of the molecule is C=C1C(=O)[C@]23C[C@H]1C[C@H](O)[C@H]2[C@@]1(COC3=O)[C@@H](OC(C)=O)CCC(C)(C)[C@H]1COC(C)=O. The van der Waals surface area contributed by atoms with Gasteiger partial charge in [-0.25, -0.2) is 0 Å². The lowest BCUT2D eigenvalue weighted by Crippen LogP contribution is -2.71. The summed E-state index contributed by atoms with van der Waals surface area (Å²) in [5.41, 5.74) is -2.69. The minimum Gasteiger partial charge on any atom is -0.466 e. The van der Waals surface area contributed by atoms with Gasteiger partial charge in [0.1, 0.15) is 18.1 Å². The number of hydrogen-bond donors (Lipinski definition) is 1. The highest BCUT2D eigenvalue weighted by Crippen LogP contribution is 2.68. The molecule has 4 rings (SSSR count). The van der Waals surface area contributed by atoms with Gasteiger partial charge in [0.25, 0.3) is 0 Å². The fraction of sp³-hybridized carbons (Fsp3) is 0.750. The van der Waals surface area contributed by atoms with Gasteiger partial charge in [-0.3, -0.25) is 19.2 Å². The van der Waals surface area contributed by atoms with Crippen LogP contribution < -0.4 is 0 Å². The predicted molar refractivity (Wildman–Crippen MR) is 111 cm³/mol. The zero-order valence-electron chi connectivity index (χ0n) is 19.1. The summed E-state index contributed by atoms with van der Waals surface area (Å²) in [5.74, 6) is -3.50. The number of rotatable bonds is 3. The molecule has 1 aliphatic heterocycles. The number of Topliss-reactive ketones (excluding diaryl/α,β-unsaturated/α-hetero) is 1. The summed E-state index contributed by atoms with van der Waals surface area (Å²) in [7, 11) is 0. The Morgan fingerprint density at radius 2 is 1.91 bits per heavy atom. The first kappa shape index (κ1) is 23.0. The molecule has 176 valence electrons. The molecule has 1 N–H and O–H groups in total. The molecule has 0 aromatic heterocycles. The van der Waals surface area contributed by atoms with Crippen LogP contribution in [0.15, 0.2) is 12.2 Å². The van der Waals surface area contributed by atoms with Gasteiger partial charge in [-0.15, -0.1) is 0 Å². The molecule has 4 aliphatic rings. The molecule has 3 aliphatic carbocycles. The molecule has 4 fully saturated rings. The fourth-order valence-corrected chi connectivity index (χ4v) is 7.31. The molecule has 8 heteroatoms. The Labute approximate surface area is 187 Å². The Morgan fingerprint density at radius 1 is 1.22 bits per heavy atom. The number of aliphatic hydroxyl groups is 1. The molecule has 8 nitrogen and oxygen atoms in total. The summed E-state index contributed by atoms with van der Waals surface area (Å²) in [6.07, 6.45) is 0.0116. The van der Waals surface area contributed by atoms with Crippen molar-refractivity contribution >= 4 is 23.7 Å². The predicted octanol–water partition coefficient (Wildman–Crippen LogP) is 1.97. The van der Waals surface area contributed by atoms with E-state index in [1.807, 2.05) is 13.8 Å². The minimum absolute atomic E-state index is 0.00944. The molecular weight excluding hydrogens is 416 g/mol. The lowest BCUT2D eigenvalue weighted by Gasteiger charge is -2.63. The van der Waals surface area contributed by atoms with Crippen LogP contribution in [0.3, 0.4) is 0 Å². The second-order valence-electron chi connectivity index (χ2n) is 10.7. The van der Waals surface area contributed by atoms with Crippen molar-refractivity contribution in [1.29, 1.82) is 0 Å². The number of ether oxygens (including phenoxy) is 3. The molecule has 2 bridgehead atoms. The number of ketones is 1. The van der Waals surface area contributed by atoms with E-state index < -0.39 is 58.2 Å². The van der Waals surface area contributed by atoms with Crippen LogP contribution in [0.4, 0.5) is 0 Å². The fourth-order valence-electron chi connectivity index (χ4n) is 7.31. The summed E-state index contributed by atoms with van der Waals surface area (Å²) < 4.78 is 17.0. The molecule has 0 radical (unpaired) electrons. The largest absolute Gasteiger partial charge is 0.466 e. The Kier molecular flexibility index (Phi) is 5.31. The van der Waals surface area contributed by atoms with Crippen molar-refractivity contribution in [3.8, 4) is 0 Å². The Balaban J connectivity index is 1.93. The van der Waals surface area contributed by atoms with Crippen molar-refractivity contribution < 1.29 is 38.5 Å². The highest BCUT2D eigenvalue weighted by Gasteiger charge is 2.76. The number of allylic oxidation sites excluding steroid dienone is 1. The Morgan fingerprint density at radius 3 is 2.53 bits per heavy atom. The van der Waals surface area contributed by atoms with Gasteiger partial charge in [0.05, 0.1) is 18.1 Å². The van der Waals surface area contributed by atoms with Crippen LogP contribution in [0.5, 0.6) is 0 Å². The number of fused-ring (bicyclic) bond motifs is 2. The highest BCUT2D eigenvalue weighted by atomic mass is 16.6. The number of aliphatic hydroxyl groups excluding tert-OH is 1. The van der Waals surface area contributed by atoms with E-state index in [1.54, 1.807) is 0 Å². The zero-order valence-corrected chi connectivity index (χ0v) is 19.1. The molecule has 0 aromatic rings. The molecule has 0 aromatic carbocycles. The monoisotopic (exact) mass is 448 g/mol. The number of cyclic esters (lactones) is 1. The van der Waals surface area contributed by atoms with Crippen molar-refractivity contribution in [2.45, 2.75) is 65.6 Å². The summed E-state index contributed by atoms with van der Waals surface area (Å²) in [4.78, 5) is 50.5. The average Bonchev–Trinajstić information content (AvgIpc) is 2.88. The van der Waals surface area contributed by atoms with E-state index in [1.165, 1.54) is 13.8 Å². The first-order valence-electron chi connectivity index (χ1n) is 11.3. The zero-order chi connectivity index (χ0) is 23.6. The number of hydrogen-bond acceptors (Lipinski definition) is 8. The number of carbonyl (C=O) groups excluding carboxylic acids is 4. The van der Waals surface area contributed by atoms with Crippen LogP contribution in [-0.2, 0) is 33.4 Å². The normalized spacial score (nSPS) is 42.3. The van der Waals surface area contributed by atoms with Crippen molar-refractivity contribution in [3.63, 3.8) is 0 Å². The van der Waals surface area contributed by atoms with Crippen molar-refractivity contribution in [2.75, 3.05) is 13.2 Å². The van der Waals surface area contributed by atoms with Crippen molar-refractivity contribution in [2.24, 2.45) is 34.0 Å². The first-order chi connectivity index (χ1) is 14.9. The van der Waals surface area contributed by atoms with E-state index in [4.69, 9.17) is 14.2 Å². The number of carbonyl (C=O) groups is 4. The van der Waals surface area contributed by atoms with E-state index in [2.05, 4.69) is 6.58 Å². The maximum atomic E-state index is 13.5. The Hall–Kier alpha value is -2.22. The van der Waals surface area contributed by atoms with Gasteiger partial charge >= 0.3 is 17.9 Å². The van der Waals surface area contributed by atoms with Crippen molar-refractivity contribution in [3.05, 3.63) is 12.2 Å². The van der Waals surface area contributed by atoms with Crippen LogP contribution >= 0.6 is 0 Å². The van der Waals surface area contributed by atoms with Crippen LogP contribution in [0, 0.1) is 34.0 Å². The third-order valence-corrected chi connectivity index (χ3v) is 8.60. The van der Waals surface area contributed by atoms with E-state index in [0.29, 0.717) is 24.8 Å². The summed E-state index contributed by atoms with van der Waals surface area (Å²) in [6, 6.07) is 0. The summed E-state index contributed by atoms with van der Waals surface area (Å²) in [5, 5.41) is 11.4. The second kappa shape index (κ2) is 7.40. The quantitative estimate of drug-likeness (QED) is 0.302. The molecule has 0 unspecified atom stereocenters. The van der Waals surface area contributed by atoms with Crippen LogP contribution in [0.25, 0.3) is 0 Å². The summed E-state index contributed by atoms with van der Waals surface area (Å²) in [6.45, 7) is 10.5. The van der Waals surface area contributed by atoms with Gasteiger partial charge in [0.2, 0.25) is 0 Å². The van der Waals surface area contributed by atoms with E-state index in [9.17, 15) is 24.3 Å². The van der Waals surface area contributed by atoms with Gasteiger partial charge in [0.15, 0.2) is 5.78 Å². The average molecular weight is 449 g/mol. The lowest BCUT2D eigenvalue weighted by molar-refractivity contribution is -0.264. The first-order valence-corrected chi connectivity index (χ1v) is 11.3. The maximum Gasteiger partial charge on any atom is 0.320 e. The number of esters is 3. The third kappa shape index (κ3) is 2.98. The van der Waals surface area contributed by atoms with Gasteiger partial charge in [-0.1, -0.05) is 20.4 Å². The molecule has 0 amide bonds. The van der Waals surface area contributed by atoms with Gasteiger partial charge < -0.3 is 19.3 Å². The van der Waals surface area contributed by atoms with Gasteiger partial charge in [0, 0.05) is 25.7 Å². The molecular formula is C24H32O8. The van der Waals surface area contributed by atoms with Gasteiger partial charge in [-0.05, 0) is 42.6 Å². The summed E-state index contributed by atoms with van der Waals surface area (Å²) >= 11 is 0. The molecule has 2 spiro atoms. The third-order valence-electron chi connectivity index (χ3n) is 8.60. The van der Waals surface area contributed by atoms with E-state index in [-0.39, 0.29) is 31.3 Å². The van der Waals surface area contributed by atoms with Crippen LogP contribution in [-0.4, -0.2) is 54.2 Å². The molecule has 7 atom stereocenters. The standard InChI is InChI=1S/C24H32O8/c1-12-15-8-16(27)19-23(9-15,20(12)28)21(29)31-11-24(19)17(10-30-13(2)25)22(4,5)7-6-18(24)32-14(3)26/h15-19,27H,1,6-11H2,2-5H3/t15-,16+,17-,18+,19-,23+,24-/m1/s1. The van der Waals surface area contributed by atoms with E-state index >= 15 is 0 Å². The smallest absolute Gasteiger partial charge is 0.320 e. The van der Waals surface area contributed by atoms with Gasteiger partial charge in [-0.2, -0.15) is 0 Å². The maximum absolute atomic E-state index is 13.5. The van der Waals surface area contributed by atoms with E-state index in [0.717, 1.165) is 0 Å². The van der Waals surface area contributed by atoms with Crippen LogP contribution in [0.2, 0.25) is 0 Å². The highest BCUT2D eigenvalue weighted by molar-refractivity contribution is 6.15. The van der Waals surface area contributed by atoms with Crippen molar-refractivity contribution in [1.82, 2.24) is 0 Å². The molecule has 1 heterocycles. The molecule has 32 heavy (non-hydrogen) atoms. The van der Waals surface area contributed by atoms with Crippen LogP contribution in [0.1, 0.15) is 53.4 Å².